The van der Waals surface area contributed by atoms with E-state index in [1.165, 1.54) is 30.2 Å². The van der Waals surface area contributed by atoms with Crippen molar-refractivity contribution in [1.82, 2.24) is 9.38 Å². The molecule has 0 amide bonds. The van der Waals surface area contributed by atoms with E-state index in [9.17, 15) is 8.42 Å². The lowest BCUT2D eigenvalue weighted by Gasteiger charge is -2.14. The third kappa shape index (κ3) is 3.19. The Morgan fingerprint density at radius 2 is 1.81 bits per heavy atom. The lowest BCUT2D eigenvalue weighted by atomic mass is 9.94. The number of hydrogen-bond acceptors (Lipinski definition) is 3. The van der Waals surface area contributed by atoms with Crippen LogP contribution in [0.15, 0.2) is 53.7 Å². The monoisotopic (exact) mass is 366 g/mol. The maximum Gasteiger partial charge on any atom is 0.175 e. The molecule has 3 aromatic rings. The zero-order chi connectivity index (χ0) is 18.3. The fourth-order valence-corrected chi connectivity index (χ4v) is 4.19. The number of aromatic nitrogens is 2. The molecule has 4 rings (SSSR count). The first-order valence-corrected chi connectivity index (χ1v) is 10.8. The number of sulfone groups is 1. The molecule has 0 fully saturated rings. The van der Waals surface area contributed by atoms with Gasteiger partial charge in [-0.3, -0.25) is 0 Å². The van der Waals surface area contributed by atoms with Crippen molar-refractivity contribution in [2.45, 2.75) is 37.5 Å². The van der Waals surface area contributed by atoms with Crippen LogP contribution in [0.3, 0.4) is 0 Å². The molecule has 1 aromatic carbocycles. The summed E-state index contributed by atoms with van der Waals surface area (Å²) in [6, 6.07) is 9.13. The molecule has 0 radical (unpaired) electrons. The summed E-state index contributed by atoms with van der Waals surface area (Å²) in [6.45, 7) is 2.09. The molecule has 5 heteroatoms. The Morgan fingerprint density at radius 1 is 1.04 bits per heavy atom. The predicted octanol–water partition coefficient (Wildman–Crippen LogP) is 4.67. The molecular weight excluding hydrogens is 344 g/mol. The average Bonchev–Trinajstić information content (AvgIpc) is 3.07. The van der Waals surface area contributed by atoms with Crippen LogP contribution in [0.1, 0.15) is 36.8 Å². The van der Waals surface area contributed by atoms with Crippen molar-refractivity contribution in [3.8, 4) is 11.3 Å². The summed E-state index contributed by atoms with van der Waals surface area (Å²) in [4.78, 5) is 5.08. The van der Waals surface area contributed by atoms with E-state index in [1.54, 1.807) is 12.1 Å². The summed E-state index contributed by atoms with van der Waals surface area (Å²) < 4.78 is 25.3. The maximum absolute atomic E-state index is 11.6. The van der Waals surface area contributed by atoms with E-state index in [0.717, 1.165) is 35.3 Å². The van der Waals surface area contributed by atoms with E-state index >= 15 is 0 Å². The molecule has 1 aliphatic carbocycles. The van der Waals surface area contributed by atoms with Crippen LogP contribution < -0.4 is 0 Å². The number of pyridine rings is 1. The predicted molar refractivity (Wildman–Crippen MR) is 105 cm³/mol. The van der Waals surface area contributed by atoms with E-state index in [-0.39, 0.29) is 0 Å². The van der Waals surface area contributed by atoms with Gasteiger partial charge in [0, 0.05) is 24.2 Å². The van der Waals surface area contributed by atoms with Crippen LogP contribution in [0, 0.1) is 6.92 Å². The number of aryl methyl sites for hydroxylation is 1. The quantitative estimate of drug-likeness (QED) is 0.677. The van der Waals surface area contributed by atoms with Crippen LogP contribution in [-0.4, -0.2) is 24.1 Å². The first-order chi connectivity index (χ1) is 12.4. The Balaban J connectivity index is 1.75. The zero-order valence-corrected chi connectivity index (χ0v) is 15.9. The zero-order valence-electron chi connectivity index (χ0n) is 15.1. The number of imidazole rings is 1. The molecule has 134 valence electrons. The van der Waals surface area contributed by atoms with Gasteiger partial charge in [0.1, 0.15) is 5.65 Å². The number of hydrogen-bond donors (Lipinski definition) is 0. The van der Waals surface area contributed by atoms with Gasteiger partial charge in [-0.25, -0.2) is 13.4 Å². The van der Waals surface area contributed by atoms with Crippen molar-refractivity contribution in [2.24, 2.45) is 0 Å². The van der Waals surface area contributed by atoms with Crippen LogP contribution in [-0.2, 0) is 9.84 Å². The third-order valence-electron chi connectivity index (χ3n) is 4.98. The van der Waals surface area contributed by atoms with E-state index in [0.29, 0.717) is 4.90 Å². The maximum atomic E-state index is 11.6. The molecule has 26 heavy (non-hydrogen) atoms. The number of nitrogens with zero attached hydrogens (tertiary/aromatic N) is 2. The summed E-state index contributed by atoms with van der Waals surface area (Å²) in [6.07, 6.45) is 12.6. The second-order valence-corrected chi connectivity index (χ2v) is 9.06. The van der Waals surface area contributed by atoms with Gasteiger partial charge >= 0.3 is 0 Å². The molecule has 4 nitrogen and oxygen atoms in total. The molecule has 0 spiro atoms. The first-order valence-electron chi connectivity index (χ1n) is 8.91. The Morgan fingerprint density at radius 3 is 2.46 bits per heavy atom. The van der Waals surface area contributed by atoms with E-state index in [1.807, 2.05) is 18.3 Å². The second kappa shape index (κ2) is 6.40. The fraction of sp³-hybridized carbons (Fsp3) is 0.286. The van der Waals surface area contributed by atoms with Crippen LogP contribution in [0.25, 0.3) is 22.5 Å². The molecule has 1 aliphatic rings. The summed E-state index contributed by atoms with van der Waals surface area (Å²) in [5.74, 6) is 0. The first kappa shape index (κ1) is 17.0. The molecule has 0 saturated carbocycles. The molecule has 2 aromatic heterocycles. The van der Waals surface area contributed by atoms with E-state index in [2.05, 4.69) is 29.7 Å². The molecule has 0 unspecified atom stereocenters. The van der Waals surface area contributed by atoms with Gasteiger partial charge in [-0.05, 0) is 67.5 Å². The van der Waals surface area contributed by atoms with Gasteiger partial charge in [-0.1, -0.05) is 18.2 Å². The topological polar surface area (TPSA) is 51.4 Å². The number of rotatable bonds is 3. The standard InChI is InChI=1S/C21H22N2O2S/c1-15-12-18(16-6-4-3-5-7-16)13-23-14-20(22-21(15)23)17-8-10-19(11-9-17)26(2,24)25/h6,8-14H,3-5,7H2,1-2H3. The van der Waals surface area contributed by atoms with Crippen LogP contribution in [0.2, 0.25) is 0 Å². The van der Waals surface area contributed by atoms with Crippen molar-refractivity contribution in [3.63, 3.8) is 0 Å². The Hall–Kier alpha value is -2.40. The Bertz CT molecular complexity index is 1110. The van der Waals surface area contributed by atoms with Crippen molar-refractivity contribution in [2.75, 3.05) is 6.26 Å². The summed E-state index contributed by atoms with van der Waals surface area (Å²) in [7, 11) is -3.18. The number of benzene rings is 1. The molecule has 0 saturated heterocycles. The molecule has 0 atom stereocenters. The summed E-state index contributed by atoms with van der Waals surface area (Å²) in [5, 5.41) is 0. The van der Waals surface area contributed by atoms with Gasteiger partial charge in [-0.2, -0.15) is 0 Å². The Kier molecular flexibility index (Phi) is 4.19. The normalized spacial score (nSPS) is 15.2. The molecule has 0 N–H and O–H groups in total. The molecule has 2 heterocycles. The van der Waals surface area contributed by atoms with Crippen molar-refractivity contribution in [1.29, 1.82) is 0 Å². The smallest absolute Gasteiger partial charge is 0.175 e. The van der Waals surface area contributed by atoms with Gasteiger partial charge in [0.2, 0.25) is 0 Å². The highest BCUT2D eigenvalue weighted by molar-refractivity contribution is 7.90. The van der Waals surface area contributed by atoms with Gasteiger partial charge in [0.05, 0.1) is 10.6 Å². The average molecular weight is 366 g/mol. The minimum Gasteiger partial charge on any atom is -0.306 e. The molecule has 0 bridgehead atoms. The van der Waals surface area contributed by atoms with Crippen molar-refractivity contribution >= 4 is 21.1 Å². The lowest BCUT2D eigenvalue weighted by Crippen LogP contribution is -1.96. The van der Waals surface area contributed by atoms with Gasteiger partial charge in [-0.15, -0.1) is 0 Å². The van der Waals surface area contributed by atoms with E-state index in [4.69, 9.17) is 4.98 Å². The van der Waals surface area contributed by atoms with Gasteiger partial charge < -0.3 is 4.40 Å². The van der Waals surface area contributed by atoms with Crippen molar-refractivity contribution < 1.29 is 8.42 Å². The van der Waals surface area contributed by atoms with Gasteiger partial charge in [0.15, 0.2) is 9.84 Å². The van der Waals surface area contributed by atoms with Crippen LogP contribution >= 0.6 is 0 Å². The largest absolute Gasteiger partial charge is 0.306 e. The highest BCUT2D eigenvalue weighted by Crippen LogP contribution is 2.29. The minimum atomic E-state index is -3.18. The highest BCUT2D eigenvalue weighted by Gasteiger charge is 2.12. The highest BCUT2D eigenvalue weighted by atomic mass is 32.2. The fourth-order valence-electron chi connectivity index (χ4n) is 3.56. The summed E-state index contributed by atoms with van der Waals surface area (Å²) >= 11 is 0. The van der Waals surface area contributed by atoms with E-state index < -0.39 is 9.84 Å². The minimum absolute atomic E-state index is 0.327. The van der Waals surface area contributed by atoms with Crippen LogP contribution in [0.5, 0.6) is 0 Å². The van der Waals surface area contributed by atoms with Crippen LogP contribution in [0.4, 0.5) is 0 Å². The summed E-state index contributed by atoms with van der Waals surface area (Å²) in [5.41, 5.74) is 6.54. The second-order valence-electron chi connectivity index (χ2n) is 7.04. The number of allylic oxidation sites excluding steroid dienone is 2. The molecule has 0 aliphatic heterocycles. The third-order valence-corrected chi connectivity index (χ3v) is 6.10. The lowest BCUT2D eigenvalue weighted by molar-refractivity contribution is 0.602. The van der Waals surface area contributed by atoms with Gasteiger partial charge in [0.25, 0.3) is 0 Å². The number of fused-ring (bicyclic) bond motifs is 1. The van der Waals surface area contributed by atoms with Crippen molar-refractivity contribution in [3.05, 3.63) is 59.9 Å². The SMILES string of the molecule is Cc1cc(C2=CCCCC2)cn2cc(-c3ccc(S(C)(=O)=O)cc3)nc12. The molecular formula is C21H22N2O2S. The Labute approximate surface area is 154 Å².